The number of benzene rings is 1. The number of rotatable bonds is 4. The second-order valence-corrected chi connectivity index (χ2v) is 8.82. The number of piperidine rings is 1. The van der Waals surface area contributed by atoms with E-state index < -0.39 is 17.1 Å². The zero-order valence-corrected chi connectivity index (χ0v) is 19.7. The second-order valence-electron chi connectivity index (χ2n) is 8.82. The Hall–Kier alpha value is -3.97. The molecule has 0 amide bonds. The van der Waals surface area contributed by atoms with Gasteiger partial charge in [-0.1, -0.05) is 12.0 Å². The van der Waals surface area contributed by atoms with Crippen LogP contribution in [0.25, 0.3) is 22.1 Å². The topological polar surface area (TPSA) is 104 Å². The number of fused-ring (bicyclic) bond motifs is 2. The van der Waals surface area contributed by atoms with Gasteiger partial charge in [-0.2, -0.15) is 4.98 Å². The summed E-state index contributed by atoms with van der Waals surface area (Å²) in [6.45, 7) is 3.31. The number of hydrogen-bond acceptors (Lipinski definition) is 6. The highest BCUT2D eigenvalue weighted by molar-refractivity contribution is 5.78. The number of hydrogen-bond donors (Lipinski definition) is 1. The van der Waals surface area contributed by atoms with Gasteiger partial charge in [0.05, 0.1) is 24.3 Å². The number of imidazole rings is 1. The van der Waals surface area contributed by atoms with E-state index in [-0.39, 0.29) is 19.1 Å². The van der Waals surface area contributed by atoms with Crippen molar-refractivity contribution in [2.45, 2.75) is 38.9 Å². The van der Waals surface area contributed by atoms with Crippen LogP contribution < -0.4 is 21.9 Å². The largest absolute Gasteiger partial charge is 0.341 e. The van der Waals surface area contributed by atoms with Crippen molar-refractivity contribution in [3.8, 4) is 11.8 Å². The van der Waals surface area contributed by atoms with Crippen LogP contribution in [0.1, 0.15) is 25.5 Å². The molecule has 1 aliphatic rings. The first-order chi connectivity index (χ1) is 16.9. The molecule has 3 aromatic heterocycles. The Labute approximate surface area is 200 Å². The Morgan fingerprint density at radius 3 is 2.74 bits per heavy atom. The van der Waals surface area contributed by atoms with Gasteiger partial charge in [-0.25, -0.2) is 9.18 Å². The zero-order chi connectivity index (χ0) is 24.7. The second kappa shape index (κ2) is 9.00. The zero-order valence-electron chi connectivity index (χ0n) is 19.7. The van der Waals surface area contributed by atoms with E-state index in [2.05, 4.69) is 21.7 Å². The van der Waals surface area contributed by atoms with Crippen molar-refractivity contribution in [2.75, 3.05) is 18.0 Å². The van der Waals surface area contributed by atoms with Gasteiger partial charge in [-0.3, -0.25) is 23.5 Å². The summed E-state index contributed by atoms with van der Waals surface area (Å²) in [4.78, 5) is 38.1. The van der Waals surface area contributed by atoms with Gasteiger partial charge in [0.25, 0.3) is 5.56 Å². The van der Waals surface area contributed by atoms with Crippen LogP contribution in [-0.4, -0.2) is 42.8 Å². The van der Waals surface area contributed by atoms with Gasteiger partial charge >= 0.3 is 5.69 Å². The van der Waals surface area contributed by atoms with Crippen LogP contribution in [0.2, 0.25) is 0 Å². The van der Waals surface area contributed by atoms with Crippen LogP contribution in [0, 0.1) is 17.7 Å². The van der Waals surface area contributed by atoms with E-state index in [1.165, 1.54) is 16.7 Å². The predicted octanol–water partition coefficient (Wildman–Crippen LogP) is 1.58. The van der Waals surface area contributed by atoms with Crippen LogP contribution in [-0.2, 0) is 20.1 Å². The number of nitrogens with zero attached hydrogens (tertiary/aromatic N) is 6. The first-order valence-corrected chi connectivity index (χ1v) is 11.5. The molecule has 180 valence electrons. The van der Waals surface area contributed by atoms with Crippen LogP contribution in [0.4, 0.5) is 10.3 Å². The molecule has 0 spiro atoms. The van der Waals surface area contributed by atoms with Crippen molar-refractivity contribution in [2.24, 2.45) is 12.8 Å². The molecule has 1 aromatic carbocycles. The standard InChI is InChI=1S/C25H26FN7O2/c1-3-4-12-32-21-22(29-24(32)31-11-5-6-18(27)14-31)30(2)25(35)33(23(21)34)15-19-10-8-16-7-9-17(26)13-20(16)28-19/h7-10,13,18H,5-6,11-12,14-15,27H2,1-2H3. The summed E-state index contributed by atoms with van der Waals surface area (Å²) in [7, 11) is 1.60. The third kappa shape index (κ3) is 4.08. The van der Waals surface area contributed by atoms with Gasteiger partial charge in [0.2, 0.25) is 5.95 Å². The summed E-state index contributed by atoms with van der Waals surface area (Å²) in [5.74, 6) is 6.08. The molecular weight excluding hydrogens is 449 g/mol. The first-order valence-electron chi connectivity index (χ1n) is 11.5. The average Bonchev–Trinajstić information content (AvgIpc) is 3.23. The predicted molar refractivity (Wildman–Crippen MR) is 133 cm³/mol. The summed E-state index contributed by atoms with van der Waals surface area (Å²) in [6.07, 6.45) is 1.85. The monoisotopic (exact) mass is 475 g/mol. The Balaban J connectivity index is 1.67. The number of aryl methyl sites for hydroxylation is 1. The molecule has 9 nitrogen and oxygen atoms in total. The molecule has 10 heteroatoms. The van der Waals surface area contributed by atoms with Crippen molar-refractivity contribution in [1.82, 2.24) is 23.7 Å². The smallest absolute Gasteiger partial charge is 0.332 e. The normalized spacial score (nSPS) is 16.0. The number of pyridine rings is 1. The summed E-state index contributed by atoms with van der Waals surface area (Å²) >= 11 is 0. The lowest BCUT2D eigenvalue weighted by atomic mass is 10.1. The van der Waals surface area contributed by atoms with E-state index in [0.29, 0.717) is 34.9 Å². The molecule has 2 N–H and O–H groups in total. The highest BCUT2D eigenvalue weighted by atomic mass is 19.1. The summed E-state index contributed by atoms with van der Waals surface area (Å²) in [6, 6.07) is 7.88. The van der Waals surface area contributed by atoms with E-state index in [1.54, 1.807) is 36.7 Å². The Morgan fingerprint density at radius 2 is 1.97 bits per heavy atom. The molecule has 1 aliphatic heterocycles. The van der Waals surface area contributed by atoms with Gasteiger partial charge < -0.3 is 10.6 Å². The Bertz CT molecular complexity index is 1620. The number of anilines is 1. The summed E-state index contributed by atoms with van der Waals surface area (Å²) in [5, 5.41) is 0.770. The van der Waals surface area contributed by atoms with Crippen molar-refractivity contribution >= 4 is 28.0 Å². The lowest BCUT2D eigenvalue weighted by Gasteiger charge is -2.31. The van der Waals surface area contributed by atoms with Gasteiger partial charge in [-0.15, -0.1) is 5.92 Å². The highest BCUT2D eigenvalue weighted by Gasteiger charge is 2.26. The van der Waals surface area contributed by atoms with Crippen molar-refractivity contribution in [3.63, 3.8) is 0 Å². The molecule has 1 saturated heterocycles. The van der Waals surface area contributed by atoms with Crippen molar-refractivity contribution < 1.29 is 4.39 Å². The quantitative estimate of drug-likeness (QED) is 0.450. The van der Waals surface area contributed by atoms with Crippen molar-refractivity contribution in [3.05, 3.63) is 62.7 Å². The lowest BCUT2D eigenvalue weighted by Crippen LogP contribution is -2.44. The van der Waals surface area contributed by atoms with Gasteiger partial charge in [0, 0.05) is 37.6 Å². The van der Waals surface area contributed by atoms with Crippen LogP contribution in [0.15, 0.2) is 39.9 Å². The molecule has 4 aromatic rings. The average molecular weight is 476 g/mol. The van der Waals surface area contributed by atoms with E-state index in [9.17, 15) is 14.0 Å². The first kappa shape index (κ1) is 22.8. The van der Waals surface area contributed by atoms with Crippen LogP contribution >= 0.6 is 0 Å². The summed E-state index contributed by atoms with van der Waals surface area (Å²) in [5.41, 5.74) is 6.76. The minimum atomic E-state index is -0.503. The molecule has 0 aliphatic carbocycles. The SMILES string of the molecule is CC#CCn1c(N2CCCC(N)C2)nc2c1c(=O)n(Cc1ccc3ccc(F)cc3n1)c(=O)n2C. The molecule has 0 radical (unpaired) electrons. The minimum Gasteiger partial charge on any atom is -0.341 e. The fraction of sp³-hybridized carbons (Fsp3) is 0.360. The number of nitrogens with two attached hydrogens (primary N) is 1. The van der Waals surface area contributed by atoms with Crippen LogP contribution in [0.5, 0.6) is 0 Å². The Kier molecular flexibility index (Phi) is 5.86. The number of aromatic nitrogens is 5. The third-order valence-electron chi connectivity index (χ3n) is 6.40. The maximum atomic E-state index is 13.7. The van der Waals surface area contributed by atoms with E-state index >= 15 is 0 Å². The molecule has 0 bridgehead atoms. The molecule has 35 heavy (non-hydrogen) atoms. The lowest BCUT2D eigenvalue weighted by molar-refractivity contribution is 0.496. The van der Waals surface area contributed by atoms with Gasteiger partial charge in [0.1, 0.15) is 5.82 Å². The fourth-order valence-electron chi connectivity index (χ4n) is 4.62. The maximum Gasteiger partial charge on any atom is 0.332 e. The molecule has 1 unspecified atom stereocenters. The van der Waals surface area contributed by atoms with E-state index in [1.807, 2.05) is 0 Å². The molecule has 1 fully saturated rings. The van der Waals surface area contributed by atoms with Gasteiger partial charge in [0.15, 0.2) is 11.2 Å². The van der Waals surface area contributed by atoms with E-state index in [4.69, 9.17) is 10.7 Å². The van der Waals surface area contributed by atoms with Crippen LogP contribution in [0.3, 0.4) is 0 Å². The third-order valence-corrected chi connectivity index (χ3v) is 6.40. The Morgan fingerprint density at radius 1 is 1.17 bits per heavy atom. The minimum absolute atomic E-state index is 0.0126. The molecule has 4 heterocycles. The highest BCUT2D eigenvalue weighted by Crippen LogP contribution is 2.23. The number of halogens is 1. The fourth-order valence-corrected chi connectivity index (χ4v) is 4.62. The maximum absolute atomic E-state index is 13.7. The molecule has 0 saturated carbocycles. The van der Waals surface area contributed by atoms with E-state index in [0.717, 1.165) is 29.3 Å². The molecule has 1 atom stereocenters. The summed E-state index contributed by atoms with van der Waals surface area (Å²) < 4.78 is 18.0. The van der Waals surface area contributed by atoms with Crippen molar-refractivity contribution in [1.29, 1.82) is 0 Å². The molecular formula is C25H26FN7O2. The van der Waals surface area contributed by atoms with Gasteiger partial charge in [-0.05, 0) is 38.0 Å². The molecule has 5 rings (SSSR count).